The van der Waals surface area contributed by atoms with Crippen molar-refractivity contribution < 1.29 is 64.2 Å². The van der Waals surface area contributed by atoms with Gasteiger partial charge in [0.2, 0.25) is 0 Å². The van der Waals surface area contributed by atoms with Gasteiger partial charge in [-0.3, -0.25) is 0 Å². The zero-order valence-electron chi connectivity index (χ0n) is 21.2. The largest absolute Gasteiger partial charge is 0.394 e. The van der Waals surface area contributed by atoms with Crippen LogP contribution in [0.25, 0.3) is 0 Å². The van der Waals surface area contributed by atoms with Crippen LogP contribution < -0.4 is 17.2 Å². The molecule has 2 unspecified atom stereocenters. The zero-order valence-corrected chi connectivity index (χ0v) is 21.2. The van der Waals surface area contributed by atoms with Crippen LogP contribution >= 0.6 is 0 Å². The van der Waals surface area contributed by atoms with Crippen LogP contribution in [0.2, 0.25) is 0 Å². The highest BCUT2D eigenvalue weighted by molar-refractivity contribution is 4.99. The number of hydrogen-bond donors (Lipinski definition) is 10. The first-order chi connectivity index (χ1) is 18.1. The summed E-state index contributed by atoms with van der Waals surface area (Å²) < 4.78 is 34.2. The van der Waals surface area contributed by atoms with Gasteiger partial charge in [0.05, 0.1) is 37.9 Å². The molecule has 16 heteroatoms. The molecule has 16 nitrogen and oxygen atoms in total. The number of aliphatic hydroxyl groups is 7. The molecular formula is C22H43N3O13. The first kappa shape index (κ1) is 31.9. The maximum absolute atomic E-state index is 11.0. The summed E-state index contributed by atoms with van der Waals surface area (Å²) in [6, 6.07) is -3.56. The van der Waals surface area contributed by atoms with Gasteiger partial charge in [-0.25, -0.2) is 0 Å². The van der Waals surface area contributed by atoms with Crippen LogP contribution in [0.4, 0.5) is 0 Å². The molecule has 38 heavy (non-hydrogen) atoms. The predicted octanol–water partition coefficient (Wildman–Crippen LogP) is -5.85. The van der Waals surface area contributed by atoms with Crippen LogP contribution in [0, 0.1) is 0 Å². The second-order valence-corrected chi connectivity index (χ2v) is 9.79. The van der Waals surface area contributed by atoms with E-state index >= 15 is 0 Å². The second-order valence-electron chi connectivity index (χ2n) is 9.79. The smallest absolute Gasteiger partial charge is 0.176 e. The van der Waals surface area contributed by atoms with Gasteiger partial charge in [-0.2, -0.15) is 0 Å². The molecular weight excluding hydrogens is 514 g/mol. The maximum atomic E-state index is 11.0. The Hall–Kier alpha value is -0.640. The van der Waals surface area contributed by atoms with Crippen LogP contribution in [-0.2, 0) is 28.4 Å². The molecule has 0 spiro atoms. The van der Waals surface area contributed by atoms with Gasteiger partial charge in [0.15, 0.2) is 18.9 Å². The molecule has 0 aromatic rings. The zero-order chi connectivity index (χ0) is 28.1. The normalized spacial score (nSPS) is 48.2. The summed E-state index contributed by atoms with van der Waals surface area (Å²) in [4.78, 5) is 0. The van der Waals surface area contributed by atoms with E-state index in [0.29, 0.717) is 13.0 Å². The third kappa shape index (κ3) is 6.80. The minimum atomic E-state index is -1.52. The van der Waals surface area contributed by atoms with E-state index in [-0.39, 0.29) is 0 Å². The van der Waals surface area contributed by atoms with E-state index < -0.39 is 112 Å². The third-order valence-electron chi connectivity index (χ3n) is 7.11. The summed E-state index contributed by atoms with van der Waals surface area (Å²) >= 11 is 0. The van der Waals surface area contributed by atoms with E-state index in [4.69, 9.17) is 45.6 Å². The summed E-state index contributed by atoms with van der Waals surface area (Å²) in [5.74, 6) is 0. The summed E-state index contributed by atoms with van der Waals surface area (Å²) in [6.07, 6.45) is -13.9. The third-order valence-corrected chi connectivity index (χ3v) is 7.11. The Morgan fingerprint density at radius 3 is 1.74 bits per heavy atom. The number of aliphatic hydroxyl groups excluding tert-OH is 7. The highest BCUT2D eigenvalue weighted by Crippen LogP contribution is 2.31. The van der Waals surface area contributed by atoms with Crippen LogP contribution in [0.1, 0.15) is 19.8 Å². The predicted molar refractivity (Wildman–Crippen MR) is 126 cm³/mol. The standard InChI is InChI=1S/C22H43N3O13/c1-2-3-4-33-19-13(25)20(32)34-10(7-28)18(19)38-22-12(24)16(31)17(9(6-27)36-22)37-21-11(23)15(30)14(29)8(5-26)35-21/h8-22,26-32H,2-7,23-25H2,1H3/t8-,9-,10-,11-,12-,13-,14-,15-,16-,17?,18?,19-,20-,21+,22+/m1/s1. The number of nitrogens with two attached hydrogens (primary N) is 3. The average Bonchev–Trinajstić information content (AvgIpc) is 2.91. The van der Waals surface area contributed by atoms with Gasteiger partial charge in [0, 0.05) is 6.61 Å². The summed E-state index contributed by atoms with van der Waals surface area (Å²) in [5.41, 5.74) is 18.2. The fourth-order valence-corrected chi connectivity index (χ4v) is 4.74. The summed E-state index contributed by atoms with van der Waals surface area (Å²) in [6.45, 7) is 0.407. The van der Waals surface area contributed by atoms with Crippen LogP contribution in [0.3, 0.4) is 0 Å². The van der Waals surface area contributed by atoms with Gasteiger partial charge in [0.25, 0.3) is 0 Å². The second kappa shape index (κ2) is 14.3. The molecule has 0 aromatic carbocycles. The van der Waals surface area contributed by atoms with Gasteiger partial charge in [-0.05, 0) is 6.42 Å². The summed E-state index contributed by atoms with van der Waals surface area (Å²) in [7, 11) is 0. The number of rotatable bonds is 11. The van der Waals surface area contributed by atoms with E-state index in [9.17, 15) is 35.7 Å². The van der Waals surface area contributed by atoms with E-state index in [1.165, 1.54) is 0 Å². The molecule has 3 aliphatic rings. The molecule has 3 heterocycles. The highest BCUT2D eigenvalue weighted by atomic mass is 16.7. The number of unbranched alkanes of at least 4 members (excludes halogenated alkanes) is 1. The maximum Gasteiger partial charge on any atom is 0.176 e. The van der Waals surface area contributed by atoms with Crippen molar-refractivity contribution in [1.82, 2.24) is 0 Å². The van der Waals surface area contributed by atoms with Crippen molar-refractivity contribution in [2.45, 2.75) is 112 Å². The van der Waals surface area contributed by atoms with Gasteiger partial charge in [-0.1, -0.05) is 13.3 Å². The van der Waals surface area contributed by atoms with Crippen molar-refractivity contribution >= 4 is 0 Å². The molecule has 3 aliphatic heterocycles. The Labute approximate surface area is 220 Å². The Morgan fingerprint density at radius 2 is 1.16 bits per heavy atom. The van der Waals surface area contributed by atoms with Crippen LogP contribution in [-0.4, -0.2) is 154 Å². The Morgan fingerprint density at radius 1 is 0.632 bits per heavy atom. The van der Waals surface area contributed by atoms with Gasteiger partial charge in [-0.15, -0.1) is 0 Å². The first-order valence-corrected chi connectivity index (χ1v) is 12.8. The SMILES string of the molecule is CCCCO[C@H]1C(O[C@@H]2O[C@H](CO)C(O[C@@H]3O[C@H](CO)[C@@H](O)[C@H](O)[C@H]3N)[C@H](O)[C@H]2N)[C@@H](CO)O[C@@H](O)[C@@H]1N. The van der Waals surface area contributed by atoms with Gasteiger partial charge < -0.3 is 81.4 Å². The molecule has 13 N–H and O–H groups in total. The molecule has 0 saturated carbocycles. The first-order valence-electron chi connectivity index (χ1n) is 12.8. The Balaban J connectivity index is 1.74. The van der Waals surface area contributed by atoms with Crippen molar-refractivity contribution in [3.05, 3.63) is 0 Å². The van der Waals surface area contributed by atoms with E-state index in [0.717, 1.165) is 6.42 Å². The number of hydrogen-bond acceptors (Lipinski definition) is 16. The molecule has 0 radical (unpaired) electrons. The molecule has 0 amide bonds. The topological polar surface area (TPSA) is 275 Å². The quantitative estimate of drug-likeness (QED) is 0.106. The molecule has 0 aliphatic carbocycles. The van der Waals surface area contributed by atoms with Crippen molar-refractivity contribution in [1.29, 1.82) is 0 Å². The Kier molecular flexibility index (Phi) is 12.0. The van der Waals surface area contributed by atoms with Crippen molar-refractivity contribution in [2.24, 2.45) is 17.2 Å². The molecule has 3 fully saturated rings. The van der Waals surface area contributed by atoms with E-state index in [1.54, 1.807) is 0 Å². The Bertz CT molecular complexity index is 709. The lowest BCUT2D eigenvalue weighted by Crippen LogP contribution is -2.69. The van der Waals surface area contributed by atoms with Gasteiger partial charge >= 0.3 is 0 Å². The van der Waals surface area contributed by atoms with Crippen molar-refractivity contribution in [3.63, 3.8) is 0 Å². The molecule has 3 saturated heterocycles. The van der Waals surface area contributed by atoms with Crippen molar-refractivity contribution in [2.75, 3.05) is 26.4 Å². The monoisotopic (exact) mass is 557 g/mol. The average molecular weight is 558 g/mol. The minimum Gasteiger partial charge on any atom is -0.394 e. The summed E-state index contributed by atoms with van der Waals surface area (Å²) in [5, 5.41) is 70.6. The van der Waals surface area contributed by atoms with E-state index in [1.807, 2.05) is 6.92 Å². The molecule has 15 atom stereocenters. The van der Waals surface area contributed by atoms with Crippen LogP contribution in [0.15, 0.2) is 0 Å². The highest BCUT2D eigenvalue weighted by Gasteiger charge is 2.52. The van der Waals surface area contributed by atoms with E-state index in [2.05, 4.69) is 0 Å². The fraction of sp³-hybridized carbons (Fsp3) is 1.00. The minimum absolute atomic E-state index is 0.298. The van der Waals surface area contributed by atoms with Gasteiger partial charge in [0.1, 0.15) is 54.9 Å². The number of ether oxygens (including phenoxy) is 6. The lowest BCUT2D eigenvalue weighted by molar-refractivity contribution is -0.349. The molecule has 3 rings (SSSR count). The lowest BCUT2D eigenvalue weighted by Gasteiger charge is -2.49. The molecule has 0 aromatic heterocycles. The van der Waals surface area contributed by atoms with Crippen LogP contribution in [0.5, 0.6) is 0 Å². The lowest BCUT2D eigenvalue weighted by atomic mass is 9.94. The fourth-order valence-electron chi connectivity index (χ4n) is 4.74. The molecule has 224 valence electrons. The molecule has 0 bridgehead atoms. The van der Waals surface area contributed by atoms with Crippen molar-refractivity contribution in [3.8, 4) is 0 Å².